The topological polar surface area (TPSA) is 41.6 Å². The average Bonchev–Trinajstić information content (AvgIpc) is 2.52. The number of piperidine rings is 1. The Hall–Kier alpha value is -0.680. The summed E-state index contributed by atoms with van der Waals surface area (Å²) in [5, 5.41) is 4.14. The van der Waals surface area contributed by atoms with Gasteiger partial charge >= 0.3 is 0 Å². The summed E-state index contributed by atoms with van der Waals surface area (Å²) < 4.78 is 5.51. The van der Waals surface area contributed by atoms with Crippen LogP contribution >= 0.6 is 35.6 Å². The Labute approximate surface area is 153 Å². The van der Waals surface area contributed by atoms with E-state index in [1.54, 1.807) is 18.2 Å². The van der Waals surface area contributed by atoms with Crippen LogP contribution in [-0.4, -0.2) is 44.1 Å². The Kier molecular flexibility index (Phi) is 9.07. The zero-order valence-corrected chi connectivity index (χ0v) is 15.5. The number of amides is 1. The van der Waals surface area contributed by atoms with Gasteiger partial charge < -0.3 is 15.0 Å². The molecular formula is C16H23Cl3N2O2. The van der Waals surface area contributed by atoms with Crippen LogP contribution < -0.4 is 10.1 Å². The molecule has 1 amide bonds. The van der Waals surface area contributed by atoms with Crippen molar-refractivity contribution in [2.24, 2.45) is 5.92 Å². The molecule has 1 aromatic rings. The summed E-state index contributed by atoms with van der Waals surface area (Å²) in [6, 6.07) is 4.98. The van der Waals surface area contributed by atoms with E-state index in [-0.39, 0.29) is 24.9 Å². The van der Waals surface area contributed by atoms with Gasteiger partial charge in [0.2, 0.25) is 0 Å². The van der Waals surface area contributed by atoms with Crippen LogP contribution in [0, 0.1) is 5.92 Å². The number of halogens is 3. The average molecular weight is 382 g/mol. The standard InChI is InChI=1S/C16H22Cl2N2O2.ClH/c1-19-7-4-12-5-8-20(9-6-12)16(21)11-22-15-3-2-13(17)10-14(15)18;/h2-3,10,12,19H,4-9,11H2,1H3;1H. The van der Waals surface area contributed by atoms with E-state index in [0.717, 1.165) is 32.5 Å². The van der Waals surface area contributed by atoms with Crippen molar-refractivity contribution in [2.45, 2.75) is 19.3 Å². The van der Waals surface area contributed by atoms with Crippen LogP contribution in [0.2, 0.25) is 10.0 Å². The first-order chi connectivity index (χ1) is 10.6. The molecule has 1 aliphatic heterocycles. The number of carbonyl (C=O) groups excluding carboxylic acids is 1. The molecule has 0 aromatic heterocycles. The lowest BCUT2D eigenvalue weighted by atomic mass is 9.93. The van der Waals surface area contributed by atoms with Crippen LogP contribution in [0.5, 0.6) is 5.75 Å². The predicted octanol–water partition coefficient (Wildman–Crippen LogP) is 3.64. The molecule has 0 bridgehead atoms. The Balaban J connectivity index is 0.00000264. The van der Waals surface area contributed by atoms with Gasteiger partial charge in [0.1, 0.15) is 5.75 Å². The van der Waals surface area contributed by atoms with Crippen molar-refractivity contribution in [3.63, 3.8) is 0 Å². The maximum absolute atomic E-state index is 12.2. The molecule has 0 radical (unpaired) electrons. The number of rotatable bonds is 6. The highest BCUT2D eigenvalue weighted by Crippen LogP contribution is 2.27. The molecule has 7 heteroatoms. The van der Waals surface area contributed by atoms with Gasteiger partial charge in [0.05, 0.1) is 5.02 Å². The Morgan fingerprint density at radius 1 is 1.35 bits per heavy atom. The summed E-state index contributed by atoms with van der Waals surface area (Å²) in [6.45, 7) is 2.68. The minimum absolute atomic E-state index is 0. The second-order valence-electron chi connectivity index (χ2n) is 5.58. The minimum atomic E-state index is 0. The molecule has 0 aliphatic carbocycles. The summed E-state index contributed by atoms with van der Waals surface area (Å²) in [7, 11) is 1.97. The maximum Gasteiger partial charge on any atom is 0.260 e. The molecule has 1 saturated heterocycles. The third-order valence-corrected chi connectivity index (χ3v) is 4.55. The van der Waals surface area contributed by atoms with Crippen LogP contribution in [-0.2, 0) is 4.79 Å². The highest BCUT2D eigenvalue weighted by atomic mass is 35.5. The third-order valence-electron chi connectivity index (χ3n) is 4.01. The Bertz CT molecular complexity index is 506. The fourth-order valence-corrected chi connectivity index (χ4v) is 3.11. The van der Waals surface area contributed by atoms with Gasteiger partial charge in [-0.2, -0.15) is 0 Å². The van der Waals surface area contributed by atoms with E-state index in [0.29, 0.717) is 21.7 Å². The van der Waals surface area contributed by atoms with Gasteiger partial charge in [-0.15, -0.1) is 12.4 Å². The van der Waals surface area contributed by atoms with Crippen LogP contribution in [0.1, 0.15) is 19.3 Å². The van der Waals surface area contributed by atoms with E-state index < -0.39 is 0 Å². The van der Waals surface area contributed by atoms with Gasteiger partial charge in [-0.3, -0.25) is 4.79 Å². The number of nitrogens with one attached hydrogen (secondary N) is 1. The molecule has 0 unspecified atom stereocenters. The quantitative estimate of drug-likeness (QED) is 0.818. The van der Waals surface area contributed by atoms with Crippen molar-refractivity contribution < 1.29 is 9.53 Å². The van der Waals surface area contributed by atoms with Gasteiger partial charge in [-0.05, 0) is 57.0 Å². The minimum Gasteiger partial charge on any atom is -0.482 e. The van der Waals surface area contributed by atoms with E-state index in [9.17, 15) is 4.79 Å². The van der Waals surface area contributed by atoms with E-state index in [1.807, 2.05) is 11.9 Å². The van der Waals surface area contributed by atoms with E-state index in [2.05, 4.69) is 5.32 Å². The molecule has 2 rings (SSSR count). The first-order valence-corrected chi connectivity index (χ1v) is 8.36. The molecular weight excluding hydrogens is 359 g/mol. The highest BCUT2D eigenvalue weighted by Gasteiger charge is 2.22. The van der Waals surface area contributed by atoms with Crippen LogP contribution in [0.25, 0.3) is 0 Å². The van der Waals surface area contributed by atoms with Crippen molar-refractivity contribution in [1.82, 2.24) is 10.2 Å². The summed E-state index contributed by atoms with van der Waals surface area (Å²) in [6.07, 6.45) is 3.31. The Morgan fingerprint density at radius 3 is 2.65 bits per heavy atom. The molecule has 0 spiro atoms. The number of nitrogens with zero attached hydrogens (tertiary/aromatic N) is 1. The lowest BCUT2D eigenvalue weighted by Gasteiger charge is -2.32. The number of benzene rings is 1. The first kappa shape index (κ1) is 20.4. The van der Waals surface area contributed by atoms with Gasteiger partial charge in [0.15, 0.2) is 6.61 Å². The summed E-state index contributed by atoms with van der Waals surface area (Å²) in [5.41, 5.74) is 0. The molecule has 0 atom stereocenters. The number of carbonyl (C=O) groups is 1. The smallest absolute Gasteiger partial charge is 0.260 e. The molecule has 0 saturated carbocycles. The van der Waals surface area contributed by atoms with E-state index in [4.69, 9.17) is 27.9 Å². The van der Waals surface area contributed by atoms with Gasteiger partial charge in [-0.25, -0.2) is 0 Å². The highest BCUT2D eigenvalue weighted by molar-refractivity contribution is 6.35. The third kappa shape index (κ3) is 6.38. The van der Waals surface area contributed by atoms with Crippen molar-refractivity contribution in [2.75, 3.05) is 33.3 Å². The fraction of sp³-hybridized carbons (Fsp3) is 0.562. The van der Waals surface area contributed by atoms with Crippen molar-refractivity contribution >= 4 is 41.5 Å². The molecule has 4 nitrogen and oxygen atoms in total. The maximum atomic E-state index is 12.2. The second kappa shape index (κ2) is 10.2. The van der Waals surface area contributed by atoms with Crippen molar-refractivity contribution in [3.8, 4) is 5.75 Å². The second-order valence-corrected chi connectivity index (χ2v) is 6.42. The van der Waals surface area contributed by atoms with Gasteiger partial charge in [0.25, 0.3) is 5.91 Å². The predicted molar refractivity (Wildman–Crippen MR) is 97.1 cm³/mol. The number of ether oxygens (including phenoxy) is 1. The molecule has 130 valence electrons. The normalized spacial score (nSPS) is 15.2. The van der Waals surface area contributed by atoms with Crippen LogP contribution in [0.15, 0.2) is 18.2 Å². The van der Waals surface area contributed by atoms with Crippen LogP contribution in [0.4, 0.5) is 0 Å². The molecule has 1 heterocycles. The number of hydrogen-bond donors (Lipinski definition) is 1. The van der Waals surface area contributed by atoms with Gasteiger partial charge in [0, 0.05) is 18.1 Å². The van der Waals surface area contributed by atoms with Crippen LogP contribution in [0.3, 0.4) is 0 Å². The molecule has 1 N–H and O–H groups in total. The lowest BCUT2D eigenvalue weighted by molar-refractivity contribution is -0.134. The fourth-order valence-electron chi connectivity index (χ4n) is 2.64. The molecule has 23 heavy (non-hydrogen) atoms. The molecule has 1 aliphatic rings. The van der Waals surface area contributed by atoms with Gasteiger partial charge in [-0.1, -0.05) is 23.2 Å². The van der Waals surface area contributed by atoms with E-state index >= 15 is 0 Å². The largest absolute Gasteiger partial charge is 0.482 e. The first-order valence-electron chi connectivity index (χ1n) is 7.60. The van der Waals surface area contributed by atoms with Crippen molar-refractivity contribution in [3.05, 3.63) is 28.2 Å². The lowest BCUT2D eigenvalue weighted by Crippen LogP contribution is -2.41. The number of likely N-dealkylation sites (tertiary alicyclic amines) is 1. The summed E-state index contributed by atoms with van der Waals surface area (Å²) >= 11 is 11.9. The van der Waals surface area contributed by atoms with E-state index in [1.165, 1.54) is 6.42 Å². The zero-order valence-electron chi connectivity index (χ0n) is 13.2. The zero-order chi connectivity index (χ0) is 15.9. The monoisotopic (exact) mass is 380 g/mol. The summed E-state index contributed by atoms with van der Waals surface area (Å²) in [5.74, 6) is 1.21. The number of hydrogen-bond acceptors (Lipinski definition) is 3. The molecule has 1 aromatic carbocycles. The van der Waals surface area contributed by atoms with Crippen molar-refractivity contribution in [1.29, 1.82) is 0 Å². The summed E-state index contributed by atoms with van der Waals surface area (Å²) in [4.78, 5) is 14.1. The Morgan fingerprint density at radius 2 is 2.04 bits per heavy atom. The molecule has 1 fully saturated rings. The SMILES string of the molecule is CNCCC1CCN(C(=O)COc2ccc(Cl)cc2Cl)CC1.Cl.